The highest BCUT2D eigenvalue weighted by molar-refractivity contribution is 6.32. The molecule has 0 aliphatic rings. The lowest BCUT2D eigenvalue weighted by Gasteiger charge is -2.13. The van der Waals surface area contributed by atoms with Crippen LogP contribution in [0.3, 0.4) is 0 Å². The maximum Gasteiger partial charge on any atom is 0.343 e. The van der Waals surface area contributed by atoms with Crippen molar-refractivity contribution in [1.82, 2.24) is 15.1 Å². The number of esters is 1. The predicted molar refractivity (Wildman–Crippen MR) is 97.3 cm³/mol. The van der Waals surface area contributed by atoms with E-state index in [1.165, 1.54) is 18.7 Å². The molecule has 0 unspecified atom stereocenters. The second-order valence-electron chi connectivity index (χ2n) is 5.73. The summed E-state index contributed by atoms with van der Waals surface area (Å²) in [5.41, 5.74) is 1.62. The fraction of sp³-hybridized carbons (Fsp3) is 0.389. The van der Waals surface area contributed by atoms with Gasteiger partial charge in [0.05, 0.1) is 18.8 Å². The summed E-state index contributed by atoms with van der Waals surface area (Å²) >= 11 is 6.32. The highest BCUT2D eigenvalue weighted by atomic mass is 35.5. The second-order valence-corrected chi connectivity index (χ2v) is 6.08. The van der Waals surface area contributed by atoms with E-state index in [0.29, 0.717) is 25.4 Å². The molecule has 140 valence electrons. The van der Waals surface area contributed by atoms with Gasteiger partial charge in [0.1, 0.15) is 10.7 Å². The van der Waals surface area contributed by atoms with E-state index in [2.05, 4.69) is 10.4 Å². The molecule has 2 aromatic rings. The van der Waals surface area contributed by atoms with Gasteiger partial charge in [-0.1, -0.05) is 41.9 Å². The molecule has 26 heavy (non-hydrogen) atoms. The Bertz CT molecular complexity index is 761. The van der Waals surface area contributed by atoms with Gasteiger partial charge in [-0.15, -0.1) is 0 Å². The third-order valence-corrected chi connectivity index (χ3v) is 4.09. The Labute approximate surface area is 157 Å². The number of aromatic nitrogens is 2. The normalized spacial score (nSPS) is 11.8. The van der Waals surface area contributed by atoms with Crippen molar-refractivity contribution in [2.45, 2.75) is 26.5 Å². The Kier molecular flexibility index (Phi) is 7.17. The lowest BCUT2D eigenvalue weighted by molar-refractivity contribution is -0.129. The van der Waals surface area contributed by atoms with E-state index in [9.17, 15) is 9.59 Å². The SMILES string of the molecule is COCCNC(=O)[C@@H](C)OC(=O)c1c(C)nn(Cc2ccccc2)c1Cl. The zero-order valence-corrected chi connectivity index (χ0v) is 15.7. The Hall–Kier alpha value is -2.38. The summed E-state index contributed by atoms with van der Waals surface area (Å²) in [7, 11) is 1.54. The van der Waals surface area contributed by atoms with Crippen LogP contribution in [-0.4, -0.2) is 48.0 Å². The van der Waals surface area contributed by atoms with Gasteiger partial charge in [-0.25, -0.2) is 9.48 Å². The minimum atomic E-state index is -0.952. The van der Waals surface area contributed by atoms with Crippen LogP contribution < -0.4 is 5.32 Å². The number of halogens is 1. The first-order valence-electron chi connectivity index (χ1n) is 8.18. The Morgan fingerprint density at radius 3 is 2.65 bits per heavy atom. The quantitative estimate of drug-likeness (QED) is 0.561. The fourth-order valence-electron chi connectivity index (χ4n) is 2.34. The van der Waals surface area contributed by atoms with Crippen molar-refractivity contribution >= 4 is 23.5 Å². The van der Waals surface area contributed by atoms with Crippen LogP contribution in [0.25, 0.3) is 0 Å². The third-order valence-electron chi connectivity index (χ3n) is 3.70. The fourth-order valence-corrected chi connectivity index (χ4v) is 2.65. The standard InChI is InChI=1S/C18H22ClN3O4/c1-12-15(18(24)26-13(2)17(23)20-9-10-25-3)16(19)22(21-12)11-14-7-5-4-6-8-14/h4-8,13H,9-11H2,1-3H3,(H,20,23)/t13-/m1/s1. The number of rotatable bonds is 8. The summed E-state index contributed by atoms with van der Waals surface area (Å²) in [4.78, 5) is 24.3. The molecular weight excluding hydrogens is 358 g/mol. The molecule has 0 fully saturated rings. The molecule has 1 aromatic carbocycles. The molecule has 1 aromatic heterocycles. The van der Waals surface area contributed by atoms with Gasteiger partial charge < -0.3 is 14.8 Å². The number of carbonyl (C=O) groups excluding carboxylic acids is 2. The monoisotopic (exact) mass is 379 g/mol. The van der Waals surface area contributed by atoms with Gasteiger partial charge in [0.2, 0.25) is 0 Å². The smallest absolute Gasteiger partial charge is 0.343 e. The minimum absolute atomic E-state index is 0.166. The van der Waals surface area contributed by atoms with E-state index in [4.69, 9.17) is 21.1 Å². The van der Waals surface area contributed by atoms with Gasteiger partial charge in [-0.2, -0.15) is 5.10 Å². The number of hydrogen-bond donors (Lipinski definition) is 1. The first kappa shape index (κ1) is 19.9. The number of hydrogen-bond acceptors (Lipinski definition) is 5. The summed E-state index contributed by atoms with van der Waals surface area (Å²) in [5.74, 6) is -1.08. The van der Waals surface area contributed by atoms with Crippen LogP contribution in [0.15, 0.2) is 30.3 Å². The molecule has 0 saturated carbocycles. The van der Waals surface area contributed by atoms with E-state index in [1.807, 2.05) is 30.3 Å². The molecule has 1 amide bonds. The van der Waals surface area contributed by atoms with Crippen molar-refractivity contribution in [2.75, 3.05) is 20.3 Å². The van der Waals surface area contributed by atoms with Gasteiger partial charge in [0.15, 0.2) is 6.10 Å². The molecule has 0 saturated heterocycles. The van der Waals surface area contributed by atoms with E-state index >= 15 is 0 Å². The lowest BCUT2D eigenvalue weighted by Crippen LogP contribution is -2.37. The summed E-state index contributed by atoms with van der Waals surface area (Å²) in [5, 5.41) is 7.10. The summed E-state index contributed by atoms with van der Waals surface area (Å²) in [6.07, 6.45) is -0.952. The number of ether oxygens (including phenoxy) is 2. The highest BCUT2D eigenvalue weighted by Crippen LogP contribution is 2.22. The van der Waals surface area contributed by atoms with Crippen LogP contribution in [-0.2, 0) is 20.8 Å². The van der Waals surface area contributed by atoms with Crippen LogP contribution in [0.1, 0.15) is 28.5 Å². The number of benzene rings is 1. The molecule has 1 heterocycles. The third kappa shape index (κ3) is 5.06. The van der Waals surface area contributed by atoms with Gasteiger partial charge >= 0.3 is 5.97 Å². The molecule has 1 N–H and O–H groups in total. The van der Waals surface area contributed by atoms with E-state index in [-0.39, 0.29) is 10.7 Å². The van der Waals surface area contributed by atoms with Gasteiger partial charge in [-0.3, -0.25) is 4.79 Å². The molecular formula is C18H22ClN3O4. The van der Waals surface area contributed by atoms with E-state index in [1.54, 1.807) is 6.92 Å². The van der Waals surface area contributed by atoms with Crippen LogP contribution in [0.4, 0.5) is 0 Å². The highest BCUT2D eigenvalue weighted by Gasteiger charge is 2.25. The van der Waals surface area contributed by atoms with Crippen molar-refractivity contribution < 1.29 is 19.1 Å². The van der Waals surface area contributed by atoms with Crippen LogP contribution in [0.5, 0.6) is 0 Å². The molecule has 1 atom stereocenters. The zero-order chi connectivity index (χ0) is 19.1. The van der Waals surface area contributed by atoms with Crippen LogP contribution >= 0.6 is 11.6 Å². The molecule has 0 aliphatic heterocycles. The van der Waals surface area contributed by atoms with E-state index in [0.717, 1.165) is 5.56 Å². The van der Waals surface area contributed by atoms with Crippen molar-refractivity contribution in [1.29, 1.82) is 0 Å². The van der Waals surface area contributed by atoms with E-state index < -0.39 is 18.0 Å². The number of methoxy groups -OCH3 is 1. The molecule has 0 bridgehead atoms. The molecule has 0 radical (unpaired) electrons. The maximum absolute atomic E-state index is 12.4. The van der Waals surface area contributed by atoms with Crippen molar-refractivity contribution in [2.24, 2.45) is 0 Å². The van der Waals surface area contributed by atoms with Crippen molar-refractivity contribution in [3.8, 4) is 0 Å². The Balaban J connectivity index is 2.06. The number of amides is 1. The van der Waals surface area contributed by atoms with Crippen LogP contribution in [0, 0.1) is 6.92 Å². The summed E-state index contributed by atoms with van der Waals surface area (Å²) in [6, 6.07) is 9.63. The number of nitrogens with one attached hydrogen (secondary N) is 1. The number of aryl methyl sites for hydroxylation is 1. The first-order valence-corrected chi connectivity index (χ1v) is 8.56. The van der Waals surface area contributed by atoms with Gasteiger partial charge in [-0.05, 0) is 19.4 Å². The van der Waals surface area contributed by atoms with Crippen molar-refractivity contribution in [3.63, 3.8) is 0 Å². The van der Waals surface area contributed by atoms with Gasteiger partial charge in [0.25, 0.3) is 5.91 Å². The molecule has 0 aliphatic carbocycles. The van der Waals surface area contributed by atoms with Crippen molar-refractivity contribution in [3.05, 3.63) is 52.3 Å². The molecule has 8 heteroatoms. The molecule has 0 spiro atoms. The lowest BCUT2D eigenvalue weighted by atomic mass is 10.2. The maximum atomic E-state index is 12.4. The Morgan fingerprint density at radius 1 is 1.31 bits per heavy atom. The van der Waals surface area contributed by atoms with Crippen LogP contribution in [0.2, 0.25) is 5.15 Å². The second kappa shape index (κ2) is 9.35. The first-order chi connectivity index (χ1) is 12.4. The number of nitrogens with zero attached hydrogens (tertiary/aromatic N) is 2. The summed E-state index contributed by atoms with van der Waals surface area (Å²) in [6.45, 7) is 4.32. The molecule has 7 nitrogen and oxygen atoms in total. The predicted octanol–water partition coefficient (Wildman–Crippen LogP) is 2.20. The largest absolute Gasteiger partial charge is 0.449 e. The van der Waals surface area contributed by atoms with Gasteiger partial charge in [0, 0.05) is 13.7 Å². The number of carbonyl (C=O) groups is 2. The summed E-state index contributed by atoms with van der Waals surface area (Å²) < 4.78 is 11.6. The Morgan fingerprint density at radius 2 is 2.00 bits per heavy atom. The topological polar surface area (TPSA) is 82.4 Å². The zero-order valence-electron chi connectivity index (χ0n) is 15.0. The average Bonchev–Trinajstić information content (AvgIpc) is 2.89. The average molecular weight is 380 g/mol. The minimum Gasteiger partial charge on any atom is -0.449 e. The molecule has 2 rings (SSSR count).